The van der Waals surface area contributed by atoms with Gasteiger partial charge in [-0.25, -0.2) is 14.5 Å². The number of anilines is 2. The van der Waals surface area contributed by atoms with Crippen LogP contribution in [-0.2, 0) is 11.3 Å². The van der Waals surface area contributed by atoms with E-state index in [1.165, 1.54) is 0 Å². The predicted octanol–water partition coefficient (Wildman–Crippen LogP) is 4.69. The van der Waals surface area contributed by atoms with Crippen LogP contribution in [-0.4, -0.2) is 32.4 Å². The largest absolute Gasteiger partial charge is 0.444 e. The van der Waals surface area contributed by atoms with Gasteiger partial charge in [-0.15, -0.1) is 5.10 Å². The average molecular weight is 472 g/mol. The van der Waals surface area contributed by atoms with E-state index < -0.39 is 11.7 Å². The number of nitrogens with zero attached hydrogens (tertiary/aromatic N) is 3. The van der Waals surface area contributed by atoms with Crippen molar-refractivity contribution in [2.45, 2.75) is 32.9 Å². The van der Waals surface area contributed by atoms with Gasteiger partial charge in [0.1, 0.15) is 11.9 Å². The SMILES string of the molecule is CC(C)(C)OC(=O)Nc1cccc(C(=O)Nc2ncn(Cc3ccc(Br)cc3)n2)c1. The summed E-state index contributed by atoms with van der Waals surface area (Å²) in [5.41, 5.74) is 1.25. The molecule has 3 rings (SSSR count). The first-order valence-corrected chi connectivity index (χ1v) is 10.0. The fourth-order valence-electron chi connectivity index (χ4n) is 2.54. The van der Waals surface area contributed by atoms with Gasteiger partial charge in [0.25, 0.3) is 5.91 Å². The third kappa shape index (κ3) is 6.41. The molecule has 8 nitrogen and oxygen atoms in total. The number of carbonyl (C=O) groups is 2. The van der Waals surface area contributed by atoms with Gasteiger partial charge in [-0.3, -0.25) is 15.4 Å². The van der Waals surface area contributed by atoms with Gasteiger partial charge in [-0.05, 0) is 56.7 Å². The van der Waals surface area contributed by atoms with Gasteiger partial charge in [0.05, 0.1) is 6.54 Å². The molecule has 9 heteroatoms. The molecule has 2 amide bonds. The third-order valence-corrected chi connectivity index (χ3v) is 4.32. The molecule has 0 unspecified atom stereocenters. The fourth-order valence-corrected chi connectivity index (χ4v) is 2.80. The molecule has 0 aliphatic rings. The molecule has 0 aliphatic carbocycles. The van der Waals surface area contributed by atoms with Crippen LogP contribution in [0.15, 0.2) is 59.3 Å². The van der Waals surface area contributed by atoms with Crippen LogP contribution in [0.2, 0.25) is 0 Å². The van der Waals surface area contributed by atoms with Gasteiger partial charge in [0.15, 0.2) is 0 Å². The van der Waals surface area contributed by atoms with Gasteiger partial charge in [-0.2, -0.15) is 0 Å². The number of benzene rings is 2. The fraction of sp³-hybridized carbons (Fsp3) is 0.238. The minimum atomic E-state index is -0.611. The maximum atomic E-state index is 12.5. The van der Waals surface area contributed by atoms with Gasteiger partial charge in [0.2, 0.25) is 5.95 Å². The minimum Gasteiger partial charge on any atom is -0.444 e. The molecule has 30 heavy (non-hydrogen) atoms. The molecule has 0 radical (unpaired) electrons. The maximum Gasteiger partial charge on any atom is 0.412 e. The Morgan fingerprint density at radius 2 is 1.83 bits per heavy atom. The molecule has 0 atom stereocenters. The standard InChI is InChI=1S/C21H22BrN5O3/c1-21(2,3)30-20(29)24-17-6-4-5-15(11-17)18(28)25-19-23-13-27(26-19)12-14-7-9-16(22)10-8-14/h4-11,13H,12H2,1-3H3,(H,24,29)(H,25,26,28). The molecular formula is C21H22BrN5O3. The zero-order valence-electron chi connectivity index (χ0n) is 16.8. The lowest BCUT2D eigenvalue weighted by atomic mass is 10.2. The van der Waals surface area contributed by atoms with Crippen LogP contribution < -0.4 is 10.6 Å². The second-order valence-electron chi connectivity index (χ2n) is 7.55. The second kappa shape index (κ2) is 9.08. The Morgan fingerprint density at radius 1 is 1.10 bits per heavy atom. The summed E-state index contributed by atoms with van der Waals surface area (Å²) < 4.78 is 7.86. The maximum absolute atomic E-state index is 12.5. The highest BCUT2D eigenvalue weighted by Gasteiger charge is 2.17. The van der Waals surface area contributed by atoms with Gasteiger partial charge < -0.3 is 4.74 Å². The Balaban J connectivity index is 1.61. The normalized spacial score (nSPS) is 11.1. The van der Waals surface area contributed by atoms with Crippen LogP contribution >= 0.6 is 15.9 Å². The Morgan fingerprint density at radius 3 is 2.53 bits per heavy atom. The number of halogens is 1. The second-order valence-corrected chi connectivity index (χ2v) is 8.47. The zero-order chi connectivity index (χ0) is 21.7. The molecule has 156 valence electrons. The third-order valence-electron chi connectivity index (χ3n) is 3.79. The lowest BCUT2D eigenvalue weighted by Gasteiger charge is -2.19. The average Bonchev–Trinajstić information content (AvgIpc) is 3.09. The van der Waals surface area contributed by atoms with Crippen LogP contribution in [0.5, 0.6) is 0 Å². The Labute approximate surface area is 182 Å². The molecule has 0 aliphatic heterocycles. The summed E-state index contributed by atoms with van der Waals surface area (Å²) in [7, 11) is 0. The molecule has 0 fully saturated rings. The van der Waals surface area contributed by atoms with E-state index in [0.717, 1.165) is 10.0 Å². The predicted molar refractivity (Wildman–Crippen MR) is 118 cm³/mol. The molecule has 2 aromatic carbocycles. The monoisotopic (exact) mass is 471 g/mol. The first-order chi connectivity index (χ1) is 14.2. The van der Waals surface area contributed by atoms with E-state index in [4.69, 9.17) is 4.74 Å². The van der Waals surface area contributed by atoms with Crippen LogP contribution in [0, 0.1) is 0 Å². The van der Waals surface area contributed by atoms with Crippen molar-refractivity contribution >= 4 is 39.6 Å². The number of hydrogen-bond acceptors (Lipinski definition) is 5. The first-order valence-electron chi connectivity index (χ1n) is 9.23. The summed E-state index contributed by atoms with van der Waals surface area (Å²) in [6.45, 7) is 5.86. The van der Waals surface area contributed by atoms with E-state index in [1.54, 1.807) is 56.0 Å². The molecule has 3 aromatic rings. The number of amides is 2. The minimum absolute atomic E-state index is 0.197. The van der Waals surface area contributed by atoms with Gasteiger partial charge >= 0.3 is 6.09 Å². The molecule has 0 bridgehead atoms. The lowest BCUT2D eigenvalue weighted by Crippen LogP contribution is -2.27. The summed E-state index contributed by atoms with van der Waals surface area (Å²) in [5.74, 6) is -0.188. The first kappa shape index (κ1) is 21.5. The summed E-state index contributed by atoms with van der Waals surface area (Å²) in [5, 5.41) is 9.55. The van der Waals surface area contributed by atoms with E-state index in [0.29, 0.717) is 17.8 Å². The van der Waals surface area contributed by atoms with Crippen molar-refractivity contribution in [1.29, 1.82) is 0 Å². The number of nitrogens with one attached hydrogen (secondary N) is 2. The number of ether oxygens (including phenoxy) is 1. The van der Waals surface area contributed by atoms with Crippen LogP contribution in [0.25, 0.3) is 0 Å². The number of carbonyl (C=O) groups excluding carboxylic acids is 2. The van der Waals surface area contributed by atoms with E-state index in [9.17, 15) is 9.59 Å². The van der Waals surface area contributed by atoms with Crippen molar-refractivity contribution < 1.29 is 14.3 Å². The van der Waals surface area contributed by atoms with Gasteiger partial charge in [0, 0.05) is 15.7 Å². The topological polar surface area (TPSA) is 98.1 Å². The summed E-state index contributed by atoms with van der Waals surface area (Å²) in [6.07, 6.45) is 0.964. The van der Waals surface area contributed by atoms with Gasteiger partial charge in [-0.1, -0.05) is 34.1 Å². The molecule has 0 saturated heterocycles. The van der Waals surface area contributed by atoms with Crippen LogP contribution in [0.4, 0.5) is 16.4 Å². The highest BCUT2D eigenvalue weighted by Crippen LogP contribution is 2.15. The Bertz CT molecular complexity index is 1040. The van der Waals surface area contributed by atoms with Crippen molar-refractivity contribution in [1.82, 2.24) is 14.8 Å². The van der Waals surface area contributed by atoms with E-state index >= 15 is 0 Å². The lowest BCUT2D eigenvalue weighted by molar-refractivity contribution is 0.0635. The van der Waals surface area contributed by atoms with Crippen molar-refractivity contribution in [3.8, 4) is 0 Å². The zero-order valence-corrected chi connectivity index (χ0v) is 18.4. The van der Waals surface area contributed by atoms with Crippen molar-refractivity contribution in [3.05, 3.63) is 70.5 Å². The molecular weight excluding hydrogens is 450 g/mol. The highest BCUT2D eigenvalue weighted by atomic mass is 79.9. The molecule has 0 spiro atoms. The molecule has 2 N–H and O–H groups in total. The van der Waals surface area contributed by atoms with Crippen molar-refractivity contribution in [2.24, 2.45) is 0 Å². The van der Waals surface area contributed by atoms with E-state index in [2.05, 4.69) is 36.6 Å². The highest BCUT2D eigenvalue weighted by molar-refractivity contribution is 9.10. The van der Waals surface area contributed by atoms with Crippen LogP contribution in [0.1, 0.15) is 36.7 Å². The molecule has 1 heterocycles. The Hall–Kier alpha value is -3.20. The number of aromatic nitrogens is 3. The smallest absolute Gasteiger partial charge is 0.412 e. The Kier molecular flexibility index (Phi) is 6.51. The summed E-state index contributed by atoms with van der Waals surface area (Å²) >= 11 is 3.40. The van der Waals surface area contributed by atoms with Crippen LogP contribution in [0.3, 0.4) is 0 Å². The van der Waals surface area contributed by atoms with Crippen molar-refractivity contribution in [2.75, 3.05) is 10.6 Å². The number of hydrogen-bond donors (Lipinski definition) is 2. The number of rotatable bonds is 5. The summed E-state index contributed by atoms with van der Waals surface area (Å²) in [4.78, 5) is 28.6. The molecule has 1 aromatic heterocycles. The molecule has 0 saturated carbocycles. The quantitative estimate of drug-likeness (QED) is 0.562. The van der Waals surface area contributed by atoms with Crippen molar-refractivity contribution in [3.63, 3.8) is 0 Å². The van der Waals surface area contributed by atoms with E-state index in [-0.39, 0.29) is 11.9 Å². The summed E-state index contributed by atoms with van der Waals surface area (Å²) in [6, 6.07) is 14.4. The van der Waals surface area contributed by atoms with E-state index in [1.807, 2.05) is 24.3 Å².